The van der Waals surface area contributed by atoms with Crippen LogP contribution < -0.4 is 9.47 Å². The molecule has 9 heteroatoms. The zero-order valence-corrected chi connectivity index (χ0v) is 13.7. The summed E-state index contributed by atoms with van der Waals surface area (Å²) in [5.74, 6) is -0.555. The van der Waals surface area contributed by atoms with Gasteiger partial charge in [0.25, 0.3) is 0 Å². The molecule has 0 aliphatic carbocycles. The minimum atomic E-state index is -1.17. The summed E-state index contributed by atoms with van der Waals surface area (Å²) in [6.45, 7) is 2.72. The molecule has 24 heavy (non-hydrogen) atoms. The zero-order valence-electron chi connectivity index (χ0n) is 13.7. The third-order valence-electron chi connectivity index (χ3n) is 2.64. The third kappa shape index (κ3) is 6.31. The summed E-state index contributed by atoms with van der Waals surface area (Å²) in [6, 6.07) is 4.69. The molecule has 0 radical (unpaired) electrons. The van der Waals surface area contributed by atoms with Crippen LogP contribution in [0.4, 0.5) is 4.79 Å². The van der Waals surface area contributed by atoms with Crippen molar-refractivity contribution in [1.82, 2.24) is 0 Å². The highest BCUT2D eigenvalue weighted by Crippen LogP contribution is 2.28. The van der Waals surface area contributed by atoms with E-state index in [1.807, 2.05) is 6.92 Å². The molecule has 0 aromatic heterocycles. The van der Waals surface area contributed by atoms with Gasteiger partial charge >= 0.3 is 12.1 Å². The molecule has 0 bridgehead atoms. The molecule has 0 spiro atoms. The first kappa shape index (κ1) is 19.5. The van der Waals surface area contributed by atoms with Crippen molar-refractivity contribution >= 4 is 12.1 Å². The molecule has 0 saturated carbocycles. The second-order valence-electron chi connectivity index (χ2n) is 4.27. The van der Waals surface area contributed by atoms with E-state index in [1.165, 1.54) is 26.4 Å². The Morgan fingerprint density at radius 2 is 1.62 bits per heavy atom. The molecule has 1 aromatic carbocycles. The molecular formula is C15H20O9. The van der Waals surface area contributed by atoms with Gasteiger partial charge in [0.2, 0.25) is 0 Å². The van der Waals surface area contributed by atoms with Gasteiger partial charge in [0, 0.05) is 6.61 Å². The average Bonchev–Trinajstić information content (AvgIpc) is 2.60. The minimum Gasteiger partial charge on any atom is -0.496 e. The van der Waals surface area contributed by atoms with Crippen molar-refractivity contribution in [2.24, 2.45) is 0 Å². The average molecular weight is 344 g/mol. The molecular weight excluding hydrogens is 324 g/mol. The third-order valence-corrected chi connectivity index (χ3v) is 2.64. The van der Waals surface area contributed by atoms with Crippen LogP contribution in [0.3, 0.4) is 0 Å². The Hall–Kier alpha value is -2.52. The number of ether oxygens (including phenoxy) is 4. The highest BCUT2D eigenvalue weighted by atomic mass is 17.5. The second-order valence-corrected chi connectivity index (χ2v) is 4.27. The number of methoxy groups -OCH3 is 2. The fourth-order valence-corrected chi connectivity index (χ4v) is 1.62. The van der Waals surface area contributed by atoms with Gasteiger partial charge in [0.05, 0.1) is 25.9 Å². The normalized spacial score (nSPS) is 9.96. The van der Waals surface area contributed by atoms with Crippen LogP contribution in [0.25, 0.3) is 0 Å². The number of hydrogen-bond acceptors (Lipinski definition) is 9. The summed E-state index contributed by atoms with van der Waals surface area (Å²) < 4.78 is 19.8. The maximum Gasteiger partial charge on any atom is 0.543 e. The van der Waals surface area contributed by atoms with Gasteiger partial charge in [-0.1, -0.05) is 13.0 Å². The molecule has 0 N–H and O–H groups in total. The van der Waals surface area contributed by atoms with E-state index in [1.54, 1.807) is 6.07 Å². The molecule has 1 rings (SSSR count). The quantitative estimate of drug-likeness (QED) is 0.274. The van der Waals surface area contributed by atoms with E-state index in [9.17, 15) is 9.59 Å². The fourth-order valence-electron chi connectivity index (χ4n) is 1.62. The lowest BCUT2D eigenvalue weighted by Gasteiger charge is -2.10. The molecule has 0 saturated heterocycles. The smallest absolute Gasteiger partial charge is 0.496 e. The van der Waals surface area contributed by atoms with E-state index in [2.05, 4.69) is 19.6 Å². The first-order valence-electron chi connectivity index (χ1n) is 7.15. The van der Waals surface area contributed by atoms with Gasteiger partial charge < -0.3 is 18.9 Å². The van der Waals surface area contributed by atoms with Crippen molar-refractivity contribution in [3.63, 3.8) is 0 Å². The molecule has 0 atom stereocenters. The lowest BCUT2D eigenvalue weighted by atomic mass is 10.2. The van der Waals surface area contributed by atoms with E-state index in [-0.39, 0.29) is 30.3 Å². The number of carbonyl (C=O) groups is 2. The standard InChI is InChI=1S/C15H20O9/c1-4-8-20-9-10-21-15(17)23-24-22-14(16)13-11(18-2)6-5-7-12(13)19-3/h5-7H,4,8-10H2,1-3H3. The molecule has 9 nitrogen and oxygen atoms in total. The van der Waals surface area contributed by atoms with Crippen LogP contribution >= 0.6 is 0 Å². The van der Waals surface area contributed by atoms with Gasteiger partial charge in [-0.3, -0.25) is 4.89 Å². The van der Waals surface area contributed by atoms with E-state index in [0.717, 1.165) is 6.42 Å². The number of hydrogen-bond donors (Lipinski definition) is 0. The van der Waals surface area contributed by atoms with Crippen LogP contribution in [0.15, 0.2) is 18.2 Å². The fraction of sp³-hybridized carbons (Fsp3) is 0.467. The summed E-state index contributed by atoms with van der Waals surface area (Å²) in [4.78, 5) is 31.7. The van der Waals surface area contributed by atoms with Crippen LogP contribution in [0.2, 0.25) is 0 Å². The predicted octanol–water partition coefficient (Wildman–Crippen LogP) is 2.29. The Morgan fingerprint density at radius 1 is 0.958 bits per heavy atom. The van der Waals surface area contributed by atoms with Gasteiger partial charge in [-0.05, 0) is 18.6 Å². The molecule has 0 amide bonds. The minimum absolute atomic E-state index is 0.0174. The van der Waals surface area contributed by atoms with Crippen molar-refractivity contribution in [2.75, 3.05) is 34.0 Å². The summed E-state index contributed by atoms with van der Waals surface area (Å²) >= 11 is 0. The van der Waals surface area contributed by atoms with E-state index >= 15 is 0 Å². The summed E-state index contributed by atoms with van der Waals surface area (Å²) in [7, 11) is 2.75. The van der Waals surface area contributed by atoms with Crippen molar-refractivity contribution in [2.45, 2.75) is 13.3 Å². The number of rotatable bonds is 10. The maximum absolute atomic E-state index is 12.0. The van der Waals surface area contributed by atoms with Crippen LogP contribution in [-0.4, -0.2) is 46.2 Å². The summed E-state index contributed by atoms with van der Waals surface area (Å²) in [5, 5.41) is 4.11. The second kappa shape index (κ2) is 11.1. The molecule has 0 heterocycles. The highest BCUT2D eigenvalue weighted by molar-refractivity contribution is 5.95. The van der Waals surface area contributed by atoms with Crippen molar-refractivity contribution in [3.05, 3.63) is 23.8 Å². The molecule has 1 aromatic rings. The Labute approximate surface area is 139 Å². The van der Waals surface area contributed by atoms with Gasteiger partial charge in [-0.25, -0.2) is 14.5 Å². The largest absolute Gasteiger partial charge is 0.543 e. The molecule has 0 fully saturated rings. The molecule has 134 valence electrons. The first-order valence-corrected chi connectivity index (χ1v) is 7.15. The first-order chi connectivity index (χ1) is 11.6. The zero-order chi connectivity index (χ0) is 17.8. The number of carbonyl (C=O) groups excluding carboxylic acids is 2. The van der Waals surface area contributed by atoms with Crippen LogP contribution in [0.5, 0.6) is 11.5 Å². The van der Waals surface area contributed by atoms with Crippen molar-refractivity contribution in [3.8, 4) is 11.5 Å². The molecule has 0 aliphatic heterocycles. The lowest BCUT2D eigenvalue weighted by molar-refractivity contribution is -0.452. The van der Waals surface area contributed by atoms with Crippen LogP contribution in [0.1, 0.15) is 23.7 Å². The van der Waals surface area contributed by atoms with Gasteiger partial charge in [-0.15, -0.1) is 0 Å². The Bertz CT molecular complexity index is 507. The monoisotopic (exact) mass is 344 g/mol. The summed E-state index contributed by atoms with van der Waals surface area (Å²) in [5.41, 5.74) is -0.0209. The molecule has 0 unspecified atom stereocenters. The Morgan fingerprint density at radius 3 is 2.21 bits per heavy atom. The Balaban J connectivity index is 2.40. The van der Waals surface area contributed by atoms with Crippen LogP contribution in [-0.2, 0) is 24.3 Å². The number of benzene rings is 1. The topological polar surface area (TPSA) is 98.8 Å². The van der Waals surface area contributed by atoms with E-state index in [4.69, 9.17) is 14.2 Å². The van der Waals surface area contributed by atoms with Gasteiger partial charge in [-0.2, -0.15) is 0 Å². The van der Waals surface area contributed by atoms with Crippen molar-refractivity contribution in [1.29, 1.82) is 0 Å². The molecule has 0 aliphatic rings. The maximum atomic E-state index is 12.0. The SMILES string of the molecule is CCCOCCOC(=O)OOOC(=O)c1c(OC)cccc1OC. The Kier molecular flexibility index (Phi) is 9.02. The highest BCUT2D eigenvalue weighted by Gasteiger charge is 2.21. The van der Waals surface area contributed by atoms with E-state index < -0.39 is 12.1 Å². The lowest BCUT2D eigenvalue weighted by Crippen LogP contribution is -2.15. The van der Waals surface area contributed by atoms with Crippen LogP contribution in [0, 0.1) is 0 Å². The van der Waals surface area contributed by atoms with Gasteiger partial charge in [0.1, 0.15) is 23.7 Å². The predicted molar refractivity (Wildman–Crippen MR) is 79.6 cm³/mol. The van der Waals surface area contributed by atoms with E-state index in [0.29, 0.717) is 6.61 Å². The van der Waals surface area contributed by atoms with Gasteiger partial charge in [0.15, 0.2) is 0 Å². The van der Waals surface area contributed by atoms with Crippen molar-refractivity contribution < 1.29 is 43.3 Å². The summed E-state index contributed by atoms with van der Waals surface area (Å²) in [6.07, 6.45) is -0.314.